The van der Waals surface area contributed by atoms with Crippen LogP contribution in [0.15, 0.2) is 79.0 Å². The van der Waals surface area contributed by atoms with E-state index in [0.717, 1.165) is 53.4 Å². The summed E-state index contributed by atoms with van der Waals surface area (Å²) in [5.74, 6) is 0.140. The summed E-state index contributed by atoms with van der Waals surface area (Å²) in [6, 6.07) is 23.2. The summed E-state index contributed by atoms with van der Waals surface area (Å²) in [4.78, 5) is 64.2. The average Bonchev–Trinajstić information content (AvgIpc) is 3.39. The van der Waals surface area contributed by atoms with Crippen molar-refractivity contribution in [3.05, 3.63) is 107 Å². The number of piperazine rings is 1. The molecule has 4 amide bonds. The number of hydrazine groups is 1. The molecule has 57 heavy (non-hydrogen) atoms. The van der Waals surface area contributed by atoms with Gasteiger partial charge in [0.15, 0.2) is 0 Å². The molecule has 1 aliphatic carbocycles. The van der Waals surface area contributed by atoms with Gasteiger partial charge in [0.2, 0.25) is 17.8 Å². The predicted molar refractivity (Wildman–Crippen MR) is 211 cm³/mol. The van der Waals surface area contributed by atoms with Gasteiger partial charge in [-0.1, -0.05) is 24.3 Å². The van der Waals surface area contributed by atoms with Crippen LogP contribution < -0.4 is 30.4 Å². The number of benzene rings is 3. The minimum Gasteiger partial charge on any atom is -0.490 e. The van der Waals surface area contributed by atoms with Crippen molar-refractivity contribution in [1.29, 1.82) is 0 Å². The number of carbonyl (C=O) groups excluding carboxylic acids is 4. The van der Waals surface area contributed by atoms with E-state index in [1.165, 1.54) is 0 Å². The van der Waals surface area contributed by atoms with Crippen LogP contribution in [0.2, 0.25) is 0 Å². The lowest BCUT2D eigenvalue weighted by Gasteiger charge is -2.51. The fourth-order valence-electron chi connectivity index (χ4n) is 8.92. The molecule has 3 aromatic carbocycles. The molecule has 1 aromatic heterocycles. The van der Waals surface area contributed by atoms with Gasteiger partial charge < -0.3 is 25.1 Å². The Kier molecular flexibility index (Phi) is 9.40. The fraction of sp³-hybridized carbons (Fsp3) is 0.395. The van der Waals surface area contributed by atoms with Crippen LogP contribution in [0.4, 0.5) is 11.6 Å². The van der Waals surface area contributed by atoms with Gasteiger partial charge in [0.25, 0.3) is 11.8 Å². The number of piperidine rings is 1. The number of nitrogens with one attached hydrogen (secondary N) is 3. The second-order valence-corrected chi connectivity index (χ2v) is 16.2. The number of nitrogens with zero attached hydrogens (tertiary/aromatic N) is 5. The fourth-order valence-corrected chi connectivity index (χ4v) is 8.92. The number of hydrogen-bond acceptors (Lipinski definition) is 12. The monoisotopic (exact) mass is 770 g/mol. The van der Waals surface area contributed by atoms with E-state index in [1.807, 2.05) is 30.3 Å². The van der Waals surface area contributed by atoms with E-state index in [0.29, 0.717) is 42.5 Å². The normalized spacial score (nSPS) is 27.2. The zero-order valence-electron chi connectivity index (χ0n) is 32.2. The van der Waals surface area contributed by atoms with Crippen LogP contribution in [0.1, 0.15) is 84.0 Å². The highest BCUT2D eigenvalue weighted by molar-refractivity contribution is 6.23. The largest absolute Gasteiger partial charge is 0.490 e. The lowest BCUT2D eigenvalue weighted by Crippen LogP contribution is -2.59. The number of rotatable bonds is 8. The molecule has 294 valence electrons. The summed E-state index contributed by atoms with van der Waals surface area (Å²) < 4.78 is 12.6. The Bertz CT molecular complexity index is 2220. The first kappa shape index (κ1) is 36.8. The number of aromatic nitrogens is 2. The number of amides is 4. The Morgan fingerprint density at radius 3 is 2.39 bits per heavy atom. The first-order chi connectivity index (χ1) is 27.5. The van der Waals surface area contributed by atoms with Crippen LogP contribution in [0.5, 0.6) is 11.5 Å². The molecule has 8 aliphatic rings. The maximum Gasteiger partial charge on any atom is 0.262 e. The van der Waals surface area contributed by atoms with Crippen LogP contribution in [0.25, 0.3) is 0 Å². The maximum atomic E-state index is 13.7. The Labute approximate surface area is 330 Å². The number of fused-ring (bicyclic) bond motifs is 1. The van der Waals surface area contributed by atoms with Crippen LogP contribution >= 0.6 is 0 Å². The van der Waals surface area contributed by atoms with Crippen LogP contribution in [0, 0.1) is 0 Å². The van der Waals surface area contributed by atoms with Gasteiger partial charge in [-0.2, -0.15) is 0 Å². The van der Waals surface area contributed by atoms with Gasteiger partial charge in [0.05, 0.1) is 22.4 Å². The second kappa shape index (κ2) is 14.6. The smallest absolute Gasteiger partial charge is 0.262 e. The highest BCUT2D eigenvalue weighted by Crippen LogP contribution is 2.42. The molecule has 2 saturated heterocycles. The van der Waals surface area contributed by atoms with Crippen molar-refractivity contribution in [3.63, 3.8) is 0 Å². The summed E-state index contributed by atoms with van der Waals surface area (Å²) in [5, 5.41) is 8.08. The molecule has 0 radical (unpaired) electrons. The van der Waals surface area contributed by atoms with Gasteiger partial charge in [-0.25, -0.2) is 15.0 Å². The summed E-state index contributed by atoms with van der Waals surface area (Å²) >= 11 is 0. The van der Waals surface area contributed by atoms with E-state index in [4.69, 9.17) is 14.5 Å². The topological polar surface area (TPSA) is 158 Å². The Hall–Kier alpha value is -5.86. The van der Waals surface area contributed by atoms with Crippen molar-refractivity contribution >= 4 is 35.3 Å². The molecule has 14 nitrogen and oxygen atoms in total. The van der Waals surface area contributed by atoms with Crippen molar-refractivity contribution in [1.82, 2.24) is 30.5 Å². The Morgan fingerprint density at radius 1 is 0.912 bits per heavy atom. The van der Waals surface area contributed by atoms with Crippen molar-refractivity contribution in [2.45, 2.75) is 95.3 Å². The number of anilines is 2. The molecule has 4 bridgehead atoms. The van der Waals surface area contributed by atoms with Gasteiger partial charge in [0, 0.05) is 62.4 Å². The summed E-state index contributed by atoms with van der Waals surface area (Å²) in [6.07, 6.45) is 4.21. The zero-order chi connectivity index (χ0) is 39.4. The molecule has 4 atom stereocenters. The number of hydrogen-bond donors (Lipinski definition) is 3. The molecule has 1 saturated carbocycles. The third-order valence-electron chi connectivity index (χ3n) is 11.8. The lowest BCUT2D eigenvalue weighted by atomic mass is 9.80. The summed E-state index contributed by atoms with van der Waals surface area (Å²) in [6.45, 7) is 8.53. The summed E-state index contributed by atoms with van der Waals surface area (Å²) in [5.41, 5.74) is 7.13. The molecule has 7 aliphatic heterocycles. The van der Waals surface area contributed by atoms with Crippen molar-refractivity contribution in [2.75, 3.05) is 23.4 Å². The number of ether oxygens (including phenoxy) is 2. The predicted octanol–water partition coefficient (Wildman–Crippen LogP) is 4.35. The zero-order valence-corrected chi connectivity index (χ0v) is 32.2. The average molecular weight is 771 g/mol. The third kappa shape index (κ3) is 7.08. The van der Waals surface area contributed by atoms with Crippen LogP contribution in [0.3, 0.4) is 0 Å². The molecule has 3 N–H and O–H groups in total. The van der Waals surface area contributed by atoms with Crippen LogP contribution in [-0.4, -0.2) is 86.9 Å². The van der Waals surface area contributed by atoms with Gasteiger partial charge in [0.1, 0.15) is 30.3 Å². The second-order valence-electron chi connectivity index (χ2n) is 16.2. The van der Waals surface area contributed by atoms with E-state index in [-0.39, 0.29) is 36.1 Å². The van der Waals surface area contributed by atoms with Gasteiger partial charge >= 0.3 is 0 Å². The molecule has 8 heterocycles. The Morgan fingerprint density at radius 2 is 1.65 bits per heavy atom. The molecule has 0 spiro atoms. The number of carbonyl (C=O) groups is 4. The first-order valence-electron chi connectivity index (χ1n) is 19.7. The van der Waals surface area contributed by atoms with Crippen LogP contribution in [-0.2, 0) is 28.2 Å². The molecule has 4 aromatic rings. The van der Waals surface area contributed by atoms with Gasteiger partial charge in [-0.15, -0.1) is 0 Å². The number of imide groups is 2. The van der Waals surface area contributed by atoms with E-state index in [1.54, 1.807) is 24.4 Å². The highest BCUT2D eigenvalue weighted by atomic mass is 16.5. The minimum absolute atomic E-state index is 0.0465. The minimum atomic E-state index is -1.03. The van der Waals surface area contributed by atoms with Crippen molar-refractivity contribution in [2.24, 2.45) is 0 Å². The molecular weight excluding hydrogens is 725 g/mol. The van der Waals surface area contributed by atoms with E-state index in [2.05, 4.69) is 76.0 Å². The Balaban J connectivity index is 0.976. The standard InChI is InChI=1S/C43H46N8O6/c1-25-22-49(23-26(2)45-25)42-44-17-16-30(46-42)24-56-32-11-6-28(7-12-32)43(3)21-27-4-9-33(10-5-27)57-34-19-31(20-34)51(43)48-29-8-13-35-36(18-29)41(55)50(40(35)54)37-14-15-38(52)47-39(37)53/h4-13,16-18,25-26,31,34,37,45,48H,14-15,19-24H2,1-3H3,(H,47,52,53). The van der Waals surface area contributed by atoms with Gasteiger partial charge in [-0.3, -0.25) is 29.4 Å². The van der Waals surface area contributed by atoms with Gasteiger partial charge in [-0.05, 0) is 93.3 Å². The molecular formula is C43H46N8O6. The summed E-state index contributed by atoms with van der Waals surface area (Å²) in [7, 11) is 0. The van der Waals surface area contributed by atoms with E-state index < -0.39 is 35.2 Å². The first-order valence-corrected chi connectivity index (χ1v) is 19.7. The SMILES string of the molecule is CC1CN(c2nccc(COc3ccc(C4(C)Cc5ccc(cc5)OC5CC(C5)N4Nc4ccc5c(c4)C(=O)N(C4CCC(=O)NC4=O)C5=O)cc3)n2)CC(C)N1. The van der Waals surface area contributed by atoms with Crippen molar-refractivity contribution in [3.8, 4) is 11.5 Å². The lowest BCUT2D eigenvalue weighted by molar-refractivity contribution is -0.136. The van der Waals surface area contributed by atoms with E-state index in [9.17, 15) is 19.2 Å². The highest BCUT2D eigenvalue weighted by Gasteiger charge is 2.47. The maximum absolute atomic E-state index is 13.7. The molecule has 4 unspecified atom stereocenters. The molecule has 3 fully saturated rings. The quantitative estimate of drug-likeness (QED) is 0.218. The van der Waals surface area contributed by atoms with E-state index >= 15 is 0 Å². The molecule has 14 heteroatoms. The van der Waals surface area contributed by atoms with Crippen molar-refractivity contribution < 1.29 is 28.7 Å². The third-order valence-corrected chi connectivity index (χ3v) is 11.8. The molecule has 12 rings (SSSR count).